The zero-order valence-electron chi connectivity index (χ0n) is 11.6. The first-order valence-corrected chi connectivity index (χ1v) is 7.53. The summed E-state index contributed by atoms with van der Waals surface area (Å²) in [6.07, 6.45) is 0. The first-order chi connectivity index (χ1) is 10.3. The van der Waals surface area contributed by atoms with Gasteiger partial charge in [0, 0.05) is 12.6 Å². The van der Waals surface area contributed by atoms with Crippen LogP contribution in [0.25, 0.3) is 10.8 Å². The van der Waals surface area contributed by atoms with Crippen molar-refractivity contribution in [3.63, 3.8) is 0 Å². The summed E-state index contributed by atoms with van der Waals surface area (Å²) in [6, 6.07) is 18.0. The van der Waals surface area contributed by atoms with Crippen molar-refractivity contribution in [1.82, 2.24) is 10.3 Å². The largest absolute Gasteiger partial charge is 0.438 e. The van der Waals surface area contributed by atoms with E-state index in [1.165, 1.54) is 5.39 Å². The highest BCUT2D eigenvalue weighted by Gasteiger charge is 2.08. The van der Waals surface area contributed by atoms with Gasteiger partial charge in [0.25, 0.3) is 0 Å². The summed E-state index contributed by atoms with van der Waals surface area (Å²) in [4.78, 5) is 4.47. The van der Waals surface area contributed by atoms with Crippen molar-refractivity contribution >= 4 is 26.7 Å². The third-order valence-corrected chi connectivity index (χ3v) is 4.00. The van der Waals surface area contributed by atoms with Gasteiger partial charge in [0.1, 0.15) is 5.75 Å². The fourth-order valence-corrected chi connectivity index (χ4v) is 2.77. The van der Waals surface area contributed by atoms with Gasteiger partial charge in [0.15, 0.2) is 0 Å². The maximum absolute atomic E-state index is 5.92. The Morgan fingerprint density at radius 1 is 1.05 bits per heavy atom. The van der Waals surface area contributed by atoms with Crippen LogP contribution in [0.5, 0.6) is 11.6 Å². The molecule has 21 heavy (non-hydrogen) atoms. The Hall–Kier alpha value is -1.91. The Morgan fingerprint density at radius 2 is 1.90 bits per heavy atom. The summed E-state index contributed by atoms with van der Waals surface area (Å²) >= 11 is 3.62. The maximum Gasteiger partial charge on any atom is 0.219 e. The minimum atomic E-state index is 0.596. The average molecular weight is 343 g/mol. The van der Waals surface area contributed by atoms with Crippen LogP contribution in [0, 0.1) is 0 Å². The molecule has 3 rings (SSSR count). The van der Waals surface area contributed by atoms with Crippen molar-refractivity contribution in [3.05, 3.63) is 64.8 Å². The molecular weight excluding hydrogens is 328 g/mol. The highest BCUT2D eigenvalue weighted by atomic mass is 79.9. The average Bonchev–Trinajstić information content (AvgIpc) is 2.51. The molecule has 0 spiro atoms. The standard InChI is InChI=1S/C17H15BrN2O/c1-19-11-13-6-4-8-16(20-13)21-15-10-9-12-5-2-3-7-14(12)17(15)18/h2-10,19H,11H2,1H3. The first kappa shape index (κ1) is 14.0. The van der Waals surface area contributed by atoms with E-state index < -0.39 is 0 Å². The molecule has 1 aromatic heterocycles. The van der Waals surface area contributed by atoms with Gasteiger partial charge in [0.2, 0.25) is 5.88 Å². The molecule has 3 nitrogen and oxygen atoms in total. The third kappa shape index (κ3) is 3.06. The van der Waals surface area contributed by atoms with E-state index in [0.29, 0.717) is 5.88 Å². The molecule has 1 N–H and O–H groups in total. The fraction of sp³-hybridized carbons (Fsp3) is 0.118. The van der Waals surface area contributed by atoms with Crippen molar-refractivity contribution in [2.24, 2.45) is 0 Å². The van der Waals surface area contributed by atoms with Gasteiger partial charge in [0.05, 0.1) is 10.2 Å². The monoisotopic (exact) mass is 342 g/mol. The Labute approximate surface area is 132 Å². The first-order valence-electron chi connectivity index (χ1n) is 6.73. The van der Waals surface area contributed by atoms with Gasteiger partial charge in [-0.3, -0.25) is 0 Å². The van der Waals surface area contributed by atoms with Crippen LogP contribution in [-0.4, -0.2) is 12.0 Å². The van der Waals surface area contributed by atoms with E-state index in [0.717, 1.165) is 27.8 Å². The molecule has 0 bridgehead atoms. The molecule has 0 unspecified atom stereocenters. The molecular formula is C17H15BrN2O. The van der Waals surface area contributed by atoms with Crippen LogP contribution in [0.4, 0.5) is 0 Å². The Morgan fingerprint density at radius 3 is 2.76 bits per heavy atom. The van der Waals surface area contributed by atoms with Crippen LogP contribution < -0.4 is 10.1 Å². The van der Waals surface area contributed by atoms with Crippen LogP contribution >= 0.6 is 15.9 Å². The van der Waals surface area contributed by atoms with Crippen molar-refractivity contribution in [2.75, 3.05) is 7.05 Å². The molecule has 0 fully saturated rings. The van der Waals surface area contributed by atoms with Crippen LogP contribution in [0.15, 0.2) is 59.1 Å². The highest BCUT2D eigenvalue weighted by Crippen LogP contribution is 2.35. The normalized spacial score (nSPS) is 10.8. The molecule has 0 saturated heterocycles. The van der Waals surface area contributed by atoms with E-state index in [1.807, 2.05) is 49.5 Å². The Kier molecular flexibility index (Phi) is 4.18. The summed E-state index contributed by atoms with van der Waals surface area (Å²) in [7, 11) is 1.90. The SMILES string of the molecule is CNCc1cccc(Oc2ccc3ccccc3c2Br)n1. The number of benzene rings is 2. The number of nitrogens with zero attached hydrogens (tertiary/aromatic N) is 1. The summed E-state index contributed by atoms with van der Waals surface area (Å²) in [6.45, 7) is 0.718. The molecule has 1 heterocycles. The summed E-state index contributed by atoms with van der Waals surface area (Å²) in [5.41, 5.74) is 0.951. The zero-order chi connectivity index (χ0) is 14.7. The van der Waals surface area contributed by atoms with Gasteiger partial charge < -0.3 is 10.1 Å². The molecule has 106 valence electrons. The second kappa shape index (κ2) is 6.24. The summed E-state index contributed by atoms with van der Waals surface area (Å²) in [5.74, 6) is 1.36. The lowest BCUT2D eigenvalue weighted by Gasteiger charge is -2.10. The van der Waals surface area contributed by atoms with Gasteiger partial charge in [-0.15, -0.1) is 0 Å². The summed E-state index contributed by atoms with van der Waals surface area (Å²) < 4.78 is 6.86. The number of halogens is 1. The number of fused-ring (bicyclic) bond motifs is 1. The van der Waals surface area contributed by atoms with E-state index in [2.05, 4.69) is 38.4 Å². The van der Waals surface area contributed by atoms with Gasteiger partial charge in [-0.2, -0.15) is 0 Å². The quantitative estimate of drug-likeness (QED) is 0.757. The van der Waals surface area contributed by atoms with E-state index in [9.17, 15) is 0 Å². The van der Waals surface area contributed by atoms with Gasteiger partial charge in [-0.05, 0) is 45.9 Å². The van der Waals surface area contributed by atoms with Gasteiger partial charge in [-0.25, -0.2) is 4.98 Å². The number of ether oxygens (including phenoxy) is 1. The van der Waals surface area contributed by atoms with E-state index in [-0.39, 0.29) is 0 Å². The fourth-order valence-electron chi connectivity index (χ4n) is 2.20. The molecule has 0 aliphatic carbocycles. The van der Waals surface area contributed by atoms with Gasteiger partial charge in [-0.1, -0.05) is 36.4 Å². The molecule has 0 saturated carbocycles. The molecule has 0 atom stereocenters. The second-order valence-corrected chi connectivity index (χ2v) is 5.49. The lowest BCUT2D eigenvalue weighted by molar-refractivity contribution is 0.458. The topological polar surface area (TPSA) is 34.1 Å². The maximum atomic E-state index is 5.92. The van der Waals surface area contributed by atoms with Crippen molar-refractivity contribution < 1.29 is 4.74 Å². The number of hydrogen-bond donors (Lipinski definition) is 1. The van der Waals surface area contributed by atoms with Crippen LogP contribution in [0.1, 0.15) is 5.69 Å². The lowest BCUT2D eigenvalue weighted by atomic mass is 10.1. The number of pyridine rings is 1. The number of aromatic nitrogens is 1. The molecule has 0 aliphatic heterocycles. The third-order valence-electron chi connectivity index (χ3n) is 3.18. The van der Waals surface area contributed by atoms with E-state index in [4.69, 9.17) is 4.74 Å². The van der Waals surface area contributed by atoms with E-state index >= 15 is 0 Å². The smallest absolute Gasteiger partial charge is 0.219 e. The van der Waals surface area contributed by atoms with Crippen molar-refractivity contribution in [2.45, 2.75) is 6.54 Å². The Balaban J connectivity index is 1.94. The zero-order valence-corrected chi connectivity index (χ0v) is 13.2. The molecule has 3 aromatic rings. The predicted octanol–water partition coefficient (Wildman–Crippen LogP) is 4.51. The second-order valence-electron chi connectivity index (χ2n) is 4.70. The Bertz CT molecular complexity index is 774. The predicted molar refractivity (Wildman–Crippen MR) is 88.7 cm³/mol. The molecule has 2 aromatic carbocycles. The van der Waals surface area contributed by atoms with Crippen LogP contribution in [0.3, 0.4) is 0 Å². The molecule has 0 aliphatic rings. The van der Waals surface area contributed by atoms with Crippen molar-refractivity contribution in [1.29, 1.82) is 0 Å². The lowest BCUT2D eigenvalue weighted by Crippen LogP contribution is -2.06. The number of nitrogens with one attached hydrogen (secondary N) is 1. The van der Waals surface area contributed by atoms with Crippen LogP contribution in [0.2, 0.25) is 0 Å². The van der Waals surface area contributed by atoms with E-state index in [1.54, 1.807) is 0 Å². The van der Waals surface area contributed by atoms with Crippen LogP contribution in [-0.2, 0) is 6.54 Å². The van der Waals surface area contributed by atoms with Gasteiger partial charge >= 0.3 is 0 Å². The molecule has 4 heteroatoms. The number of rotatable bonds is 4. The van der Waals surface area contributed by atoms with Crippen molar-refractivity contribution in [3.8, 4) is 11.6 Å². The minimum Gasteiger partial charge on any atom is -0.438 e. The molecule has 0 amide bonds. The summed E-state index contributed by atoms with van der Waals surface area (Å²) in [5, 5.41) is 5.38. The highest BCUT2D eigenvalue weighted by molar-refractivity contribution is 9.10. The number of hydrogen-bond acceptors (Lipinski definition) is 3. The molecule has 0 radical (unpaired) electrons. The minimum absolute atomic E-state index is 0.596.